The maximum absolute atomic E-state index is 12.2. The van der Waals surface area contributed by atoms with Crippen molar-refractivity contribution in [2.75, 3.05) is 6.61 Å². The number of aromatic nitrogens is 3. The number of nitro benzene ring substituents is 1. The van der Waals surface area contributed by atoms with Crippen molar-refractivity contribution in [1.82, 2.24) is 15.0 Å². The molecule has 0 saturated heterocycles. The van der Waals surface area contributed by atoms with E-state index in [0.717, 1.165) is 16.6 Å². The predicted octanol–water partition coefficient (Wildman–Crippen LogP) is 3.43. The van der Waals surface area contributed by atoms with Crippen molar-refractivity contribution in [3.8, 4) is 0 Å². The van der Waals surface area contributed by atoms with E-state index in [2.05, 4.69) is 10.3 Å². The van der Waals surface area contributed by atoms with Gasteiger partial charge in [-0.1, -0.05) is 29.5 Å². The Morgan fingerprint density at radius 3 is 2.32 bits per heavy atom. The van der Waals surface area contributed by atoms with Crippen molar-refractivity contribution in [2.24, 2.45) is 0 Å². The lowest BCUT2D eigenvalue weighted by molar-refractivity contribution is -0.384. The molecule has 31 heavy (non-hydrogen) atoms. The van der Waals surface area contributed by atoms with Crippen molar-refractivity contribution in [2.45, 2.75) is 6.54 Å². The van der Waals surface area contributed by atoms with Crippen molar-refractivity contribution in [3.63, 3.8) is 0 Å². The lowest BCUT2D eigenvalue weighted by Crippen LogP contribution is -2.14. The van der Waals surface area contributed by atoms with Gasteiger partial charge in [0.25, 0.3) is 5.69 Å². The largest absolute Gasteiger partial charge is 0.454 e. The fourth-order valence-electron chi connectivity index (χ4n) is 3.02. The fourth-order valence-corrected chi connectivity index (χ4v) is 3.02. The molecular weight excluding hydrogens is 400 g/mol. The van der Waals surface area contributed by atoms with Crippen molar-refractivity contribution in [3.05, 3.63) is 99.6 Å². The summed E-state index contributed by atoms with van der Waals surface area (Å²) >= 11 is 0. The van der Waals surface area contributed by atoms with Crippen molar-refractivity contribution < 1.29 is 19.2 Å². The molecule has 9 nitrogen and oxygen atoms in total. The molecule has 0 bridgehead atoms. The minimum absolute atomic E-state index is 0.118. The number of hydrogen-bond acceptors (Lipinski definition) is 7. The van der Waals surface area contributed by atoms with E-state index in [4.69, 9.17) is 4.74 Å². The van der Waals surface area contributed by atoms with E-state index < -0.39 is 23.3 Å². The van der Waals surface area contributed by atoms with Gasteiger partial charge in [0.15, 0.2) is 12.4 Å². The number of benzene rings is 3. The van der Waals surface area contributed by atoms with E-state index in [1.165, 1.54) is 24.3 Å². The first-order valence-electron chi connectivity index (χ1n) is 9.33. The van der Waals surface area contributed by atoms with E-state index in [0.29, 0.717) is 12.1 Å². The zero-order valence-electron chi connectivity index (χ0n) is 16.2. The summed E-state index contributed by atoms with van der Waals surface area (Å²) in [5.41, 5.74) is 3.07. The molecule has 9 heteroatoms. The van der Waals surface area contributed by atoms with E-state index >= 15 is 0 Å². The molecule has 154 valence electrons. The number of rotatable bonds is 7. The molecule has 1 heterocycles. The van der Waals surface area contributed by atoms with Gasteiger partial charge in [-0.05, 0) is 42.0 Å². The number of Topliss-reactive ketones (excluding diaryl/α,β-unsaturated/α-hetero) is 1. The van der Waals surface area contributed by atoms with Crippen LogP contribution in [-0.4, -0.2) is 38.3 Å². The van der Waals surface area contributed by atoms with Gasteiger partial charge in [-0.25, -0.2) is 9.48 Å². The highest BCUT2D eigenvalue weighted by Crippen LogP contribution is 2.14. The second-order valence-electron chi connectivity index (χ2n) is 6.74. The van der Waals surface area contributed by atoms with E-state index in [1.807, 2.05) is 24.3 Å². The molecule has 0 atom stereocenters. The summed E-state index contributed by atoms with van der Waals surface area (Å²) in [5.74, 6) is -1.08. The molecule has 4 aromatic rings. The molecule has 0 spiro atoms. The van der Waals surface area contributed by atoms with Crippen LogP contribution in [0, 0.1) is 10.1 Å². The summed E-state index contributed by atoms with van der Waals surface area (Å²) in [6, 6.07) is 19.6. The monoisotopic (exact) mass is 416 g/mol. The van der Waals surface area contributed by atoms with Crippen LogP contribution in [-0.2, 0) is 11.3 Å². The Bertz CT molecular complexity index is 1260. The number of para-hydroxylation sites is 1. The van der Waals surface area contributed by atoms with E-state index in [1.54, 1.807) is 28.9 Å². The van der Waals surface area contributed by atoms with Gasteiger partial charge in [-0.2, -0.15) is 0 Å². The van der Waals surface area contributed by atoms with Crippen LogP contribution >= 0.6 is 0 Å². The molecule has 0 aliphatic heterocycles. The van der Waals surface area contributed by atoms with Crippen molar-refractivity contribution >= 4 is 28.5 Å². The summed E-state index contributed by atoms with van der Waals surface area (Å²) in [6.45, 7) is 0.0395. The van der Waals surface area contributed by atoms with Gasteiger partial charge in [0, 0.05) is 17.7 Å². The van der Waals surface area contributed by atoms with Crippen LogP contribution in [0.1, 0.15) is 26.3 Å². The number of esters is 1. The third-order valence-electron chi connectivity index (χ3n) is 4.68. The molecule has 0 aliphatic carbocycles. The van der Waals surface area contributed by atoms with Gasteiger partial charge in [0.05, 0.1) is 22.5 Å². The van der Waals surface area contributed by atoms with E-state index in [9.17, 15) is 19.7 Å². The third-order valence-corrected chi connectivity index (χ3v) is 4.68. The average molecular weight is 416 g/mol. The maximum Gasteiger partial charge on any atom is 0.338 e. The van der Waals surface area contributed by atoms with E-state index in [-0.39, 0.29) is 11.3 Å². The van der Waals surface area contributed by atoms with Gasteiger partial charge in [-0.3, -0.25) is 14.9 Å². The predicted molar refractivity (Wildman–Crippen MR) is 111 cm³/mol. The van der Waals surface area contributed by atoms with Gasteiger partial charge >= 0.3 is 5.97 Å². The van der Waals surface area contributed by atoms with Gasteiger partial charge in [0.2, 0.25) is 0 Å². The average Bonchev–Trinajstić information content (AvgIpc) is 3.20. The quantitative estimate of drug-likeness (QED) is 0.196. The number of carbonyl (C=O) groups excluding carboxylic acids is 2. The van der Waals surface area contributed by atoms with Crippen LogP contribution in [0.2, 0.25) is 0 Å². The summed E-state index contributed by atoms with van der Waals surface area (Å²) in [7, 11) is 0. The normalized spacial score (nSPS) is 10.7. The highest BCUT2D eigenvalue weighted by atomic mass is 16.6. The van der Waals surface area contributed by atoms with Crippen LogP contribution in [0.25, 0.3) is 11.0 Å². The number of fused-ring (bicyclic) bond motifs is 1. The Hall–Kier alpha value is -4.40. The summed E-state index contributed by atoms with van der Waals surface area (Å²) in [5, 5.41) is 18.9. The molecule has 0 amide bonds. The first-order chi connectivity index (χ1) is 15.0. The lowest BCUT2D eigenvalue weighted by atomic mass is 10.1. The molecule has 0 saturated carbocycles. The van der Waals surface area contributed by atoms with Crippen LogP contribution in [0.15, 0.2) is 72.8 Å². The first-order valence-corrected chi connectivity index (χ1v) is 9.33. The van der Waals surface area contributed by atoms with Crippen LogP contribution < -0.4 is 0 Å². The Morgan fingerprint density at radius 1 is 0.935 bits per heavy atom. The maximum atomic E-state index is 12.2. The number of ether oxygens (including phenoxy) is 1. The SMILES string of the molecule is O=C(COC(=O)c1ccc(Cn2nnc3ccccc32)cc1)c1ccc([N+](=O)[O-])cc1. The Labute approximate surface area is 176 Å². The Balaban J connectivity index is 1.36. The van der Waals surface area contributed by atoms with Gasteiger partial charge < -0.3 is 4.74 Å². The minimum Gasteiger partial charge on any atom is -0.454 e. The Morgan fingerprint density at radius 2 is 1.61 bits per heavy atom. The first kappa shape index (κ1) is 19.9. The molecule has 3 aromatic carbocycles. The molecular formula is C22H16N4O5. The van der Waals surface area contributed by atoms with Gasteiger partial charge in [0.1, 0.15) is 5.52 Å². The molecule has 0 unspecified atom stereocenters. The van der Waals surface area contributed by atoms with Crippen molar-refractivity contribution in [1.29, 1.82) is 0 Å². The number of hydrogen-bond donors (Lipinski definition) is 0. The highest BCUT2D eigenvalue weighted by Gasteiger charge is 2.14. The van der Waals surface area contributed by atoms with Crippen LogP contribution in [0.3, 0.4) is 0 Å². The summed E-state index contributed by atoms with van der Waals surface area (Å²) in [4.78, 5) is 34.5. The fraction of sp³-hybridized carbons (Fsp3) is 0.0909. The summed E-state index contributed by atoms with van der Waals surface area (Å²) < 4.78 is 6.84. The second kappa shape index (κ2) is 8.54. The second-order valence-corrected chi connectivity index (χ2v) is 6.74. The molecule has 0 radical (unpaired) electrons. The third kappa shape index (κ3) is 4.45. The molecule has 1 aromatic heterocycles. The lowest BCUT2D eigenvalue weighted by Gasteiger charge is -2.06. The molecule has 0 N–H and O–H groups in total. The number of carbonyl (C=O) groups is 2. The molecule has 4 rings (SSSR count). The van der Waals surface area contributed by atoms with Gasteiger partial charge in [-0.15, -0.1) is 5.10 Å². The topological polar surface area (TPSA) is 117 Å². The smallest absolute Gasteiger partial charge is 0.338 e. The highest BCUT2D eigenvalue weighted by molar-refractivity contribution is 5.99. The number of ketones is 1. The zero-order valence-corrected chi connectivity index (χ0v) is 16.2. The summed E-state index contributed by atoms with van der Waals surface area (Å²) in [6.07, 6.45) is 0. The molecule has 0 aliphatic rings. The number of non-ortho nitro benzene ring substituents is 1. The standard InChI is InChI=1S/C22H16N4O5/c27-21(16-9-11-18(12-10-16)26(29)30)14-31-22(28)17-7-5-15(6-8-17)13-25-20-4-2-1-3-19(20)23-24-25/h1-12H,13-14H2. The number of nitro groups is 1. The van der Waals surface area contributed by atoms with Crippen LogP contribution in [0.4, 0.5) is 5.69 Å². The Kier molecular flexibility index (Phi) is 5.48. The molecule has 0 fully saturated rings. The van der Waals surface area contributed by atoms with Crippen LogP contribution in [0.5, 0.6) is 0 Å². The number of nitrogens with zero attached hydrogens (tertiary/aromatic N) is 4. The zero-order chi connectivity index (χ0) is 21.8. The minimum atomic E-state index is -0.631.